The molecule has 6 aromatic rings. The predicted molar refractivity (Wildman–Crippen MR) is 172 cm³/mol. The van der Waals surface area contributed by atoms with Crippen molar-refractivity contribution in [1.29, 1.82) is 0 Å². The molecule has 0 amide bonds. The quantitative estimate of drug-likeness (QED) is 0.221. The van der Waals surface area contributed by atoms with Crippen LogP contribution in [0.3, 0.4) is 0 Å². The molecule has 0 aliphatic carbocycles. The van der Waals surface area contributed by atoms with Crippen LogP contribution in [0.5, 0.6) is 0 Å². The van der Waals surface area contributed by atoms with Crippen molar-refractivity contribution in [3.8, 4) is 0 Å². The lowest BCUT2D eigenvalue weighted by molar-refractivity contribution is 0.0936. The molecule has 2 aliphatic rings. The molecule has 0 fully saturated rings. The first-order chi connectivity index (χ1) is 20.5. The van der Waals surface area contributed by atoms with Gasteiger partial charge in [-0.15, -0.1) is 0 Å². The number of nitrogens with zero attached hydrogens (tertiary/aromatic N) is 2. The molecule has 1 atom stereocenters. The third-order valence-electron chi connectivity index (χ3n) is 8.59. The summed E-state index contributed by atoms with van der Waals surface area (Å²) in [6.45, 7) is 6.52. The normalized spacial score (nSPS) is 18.7. The van der Waals surface area contributed by atoms with Crippen LogP contribution in [0.15, 0.2) is 115 Å². The fourth-order valence-corrected chi connectivity index (χ4v) is 6.69. The number of rotatable bonds is 3. The van der Waals surface area contributed by atoms with Crippen LogP contribution in [0.25, 0.3) is 51.5 Å². The van der Waals surface area contributed by atoms with Gasteiger partial charge in [0, 0.05) is 28.0 Å². The van der Waals surface area contributed by atoms with E-state index in [2.05, 4.69) is 121 Å². The largest absolute Gasteiger partial charge is 0.475 e. The summed E-state index contributed by atoms with van der Waals surface area (Å²) < 4.78 is 18.4. The number of hydrogen-bond donors (Lipinski definition) is 0. The minimum atomic E-state index is -0.828. The van der Waals surface area contributed by atoms with Crippen LogP contribution < -0.4 is 0 Å². The third-order valence-corrected chi connectivity index (χ3v) is 8.59. The van der Waals surface area contributed by atoms with Gasteiger partial charge in [0.05, 0.1) is 34.8 Å². The number of aromatic nitrogens is 2. The van der Waals surface area contributed by atoms with Crippen molar-refractivity contribution >= 4 is 51.5 Å². The highest BCUT2D eigenvalue weighted by atomic mass is 16.5. The number of hydrogen-bond acceptors (Lipinski definition) is 2. The van der Waals surface area contributed by atoms with E-state index in [1.54, 1.807) is 0 Å². The lowest BCUT2D eigenvalue weighted by atomic mass is 9.94. The lowest BCUT2D eigenvalue weighted by Crippen LogP contribution is -2.30. The Morgan fingerprint density at radius 3 is 1.79 bits per heavy atom. The first kappa shape index (κ1) is 24.6. The summed E-state index contributed by atoms with van der Waals surface area (Å²) in [5.41, 5.74) is 8.04. The van der Waals surface area contributed by atoms with Gasteiger partial charge in [-0.2, -0.15) is 0 Å². The number of para-hydroxylation sites is 2. The van der Waals surface area contributed by atoms with Crippen LogP contribution in [0.1, 0.15) is 40.6 Å². The molecule has 0 N–H and O–H groups in total. The van der Waals surface area contributed by atoms with Crippen LogP contribution in [-0.2, 0) is 15.1 Å². The van der Waals surface area contributed by atoms with Gasteiger partial charge in [0.2, 0.25) is 0 Å². The molecule has 0 bridgehead atoms. The van der Waals surface area contributed by atoms with Crippen LogP contribution in [-0.4, -0.2) is 9.13 Å². The molecule has 204 valence electrons. The van der Waals surface area contributed by atoms with Crippen molar-refractivity contribution in [1.82, 2.24) is 9.13 Å². The summed E-state index contributed by atoms with van der Waals surface area (Å²) in [5, 5.41) is 2.42. The summed E-state index contributed by atoms with van der Waals surface area (Å²) in [4.78, 5) is 0. The highest BCUT2D eigenvalue weighted by molar-refractivity contribution is 5.96. The molecule has 42 heavy (non-hydrogen) atoms. The number of aryl methyl sites for hydroxylation is 2. The maximum absolute atomic E-state index is 7.02. The van der Waals surface area contributed by atoms with Crippen LogP contribution in [0, 0.1) is 13.8 Å². The minimum Gasteiger partial charge on any atom is -0.475 e. The van der Waals surface area contributed by atoms with Crippen LogP contribution in [0.2, 0.25) is 0 Å². The average molecular weight is 547 g/mol. The smallest absolute Gasteiger partial charge is 0.169 e. The van der Waals surface area contributed by atoms with Crippen LogP contribution >= 0.6 is 0 Å². The van der Waals surface area contributed by atoms with E-state index in [1.165, 1.54) is 21.9 Å². The maximum atomic E-state index is 7.02. The van der Waals surface area contributed by atoms with E-state index in [-0.39, 0.29) is 0 Å². The Bertz CT molecular complexity index is 2110. The van der Waals surface area contributed by atoms with E-state index in [0.717, 1.165) is 50.8 Å². The van der Waals surface area contributed by atoms with E-state index in [0.29, 0.717) is 0 Å². The molecule has 8 rings (SSSR count). The molecule has 0 spiro atoms. The first-order valence-corrected chi connectivity index (χ1v) is 14.4. The Balaban J connectivity index is 1.40. The Morgan fingerprint density at radius 2 is 1.12 bits per heavy atom. The van der Waals surface area contributed by atoms with Crippen molar-refractivity contribution in [3.05, 3.63) is 149 Å². The Hall–Kier alpha value is -5.22. The zero-order valence-corrected chi connectivity index (χ0v) is 23.8. The van der Waals surface area contributed by atoms with E-state index in [1.807, 2.05) is 36.4 Å². The number of fused-ring (bicyclic) bond motifs is 6. The summed E-state index contributed by atoms with van der Waals surface area (Å²) >= 11 is 0. The molecule has 4 heteroatoms. The molecule has 4 nitrogen and oxygen atoms in total. The minimum absolute atomic E-state index is 0.776. The number of benzene rings is 4. The summed E-state index contributed by atoms with van der Waals surface area (Å²) in [7, 11) is 0. The molecule has 2 aliphatic heterocycles. The van der Waals surface area contributed by atoms with Gasteiger partial charge in [0.25, 0.3) is 0 Å². The fraction of sp³-hybridized carbons (Fsp3) is 0.105. The molecule has 1 unspecified atom stereocenters. The molecule has 0 saturated carbocycles. The average Bonchev–Trinajstić information content (AvgIpc) is 3.49. The Morgan fingerprint density at radius 1 is 0.595 bits per heavy atom. The van der Waals surface area contributed by atoms with Gasteiger partial charge in [-0.05, 0) is 44.0 Å². The summed E-state index contributed by atoms with van der Waals surface area (Å²) in [6, 6.07) is 37.7. The van der Waals surface area contributed by atoms with Gasteiger partial charge in [0.1, 0.15) is 5.76 Å². The van der Waals surface area contributed by atoms with Gasteiger partial charge >= 0.3 is 0 Å². The van der Waals surface area contributed by atoms with E-state index < -0.39 is 5.60 Å². The molecule has 0 saturated heterocycles. The number of ether oxygens (including phenoxy) is 2. The summed E-state index contributed by atoms with van der Waals surface area (Å²) in [5.74, 6) is 2.39. The van der Waals surface area contributed by atoms with Crippen molar-refractivity contribution < 1.29 is 9.47 Å². The SMILES string of the molecule is Cc1c2n(c3ccccc13)C=C(c1ccccc1)O/C2=C\C1(C)OC(c2ccccc2)=Cn2c1c(C)c1ccccc12. The van der Waals surface area contributed by atoms with Gasteiger partial charge in [0.15, 0.2) is 17.1 Å². The molecule has 4 heterocycles. The lowest BCUT2D eigenvalue weighted by Gasteiger charge is -2.36. The van der Waals surface area contributed by atoms with E-state index in [9.17, 15) is 0 Å². The van der Waals surface area contributed by atoms with E-state index >= 15 is 0 Å². The third kappa shape index (κ3) is 3.61. The topological polar surface area (TPSA) is 28.3 Å². The summed E-state index contributed by atoms with van der Waals surface area (Å²) in [6.07, 6.45) is 6.41. The highest BCUT2D eigenvalue weighted by Crippen LogP contribution is 2.47. The van der Waals surface area contributed by atoms with Crippen molar-refractivity contribution in [2.45, 2.75) is 26.4 Å². The van der Waals surface area contributed by atoms with Crippen molar-refractivity contribution in [3.63, 3.8) is 0 Å². The van der Waals surface area contributed by atoms with E-state index in [4.69, 9.17) is 9.47 Å². The second-order valence-electron chi connectivity index (χ2n) is 11.3. The second-order valence-corrected chi connectivity index (χ2v) is 11.3. The van der Waals surface area contributed by atoms with Crippen molar-refractivity contribution in [2.24, 2.45) is 0 Å². The zero-order valence-electron chi connectivity index (χ0n) is 23.8. The predicted octanol–water partition coefficient (Wildman–Crippen LogP) is 9.44. The van der Waals surface area contributed by atoms with Crippen LogP contribution in [0.4, 0.5) is 0 Å². The maximum Gasteiger partial charge on any atom is 0.169 e. The Labute approximate surface area is 245 Å². The van der Waals surface area contributed by atoms with Gasteiger partial charge in [-0.25, -0.2) is 0 Å². The highest BCUT2D eigenvalue weighted by Gasteiger charge is 2.39. The van der Waals surface area contributed by atoms with Gasteiger partial charge in [-0.1, -0.05) is 97.1 Å². The fourth-order valence-electron chi connectivity index (χ4n) is 6.69. The molecular formula is C38H30N2O2. The molecule has 2 aromatic heterocycles. The molecule has 4 aromatic carbocycles. The Kier molecular flexibility index (Phi) is 5.35. The molecular weight excluding hydrogens is 516 g/mol. The first-order valence-electron chi connectivity index (χ1n) is 14.4. The van der Waals surface area contributed by atoms with Gasteiger partial charge < -0.3 is 18.6 Å². The second kappa shape index (κ2) is 9.15. The molecule has 0 radical (unpaired) electrons. The monoisotopic (exact) mass is 546 g/mol. The van der Waals surface area contributed by atoms with Gasteiger partial charge in [-0.3, -0.25) is 0 Å². The standard InChI is InChI=1S/C38H30N2O2/c1-25-29-18-10-12-20-31(29)39-23-34(27-14-6-4-7-15-27)41-33(36(25)39)22-38(3)37-26(2)30-19-11-13-21-32(30)40(37)24-35(42-38)28-16-8-5-9-17-28/h4-24H,1-3H3/b33-22-. The zero-order chi connectivity index (χ0) is 28.4. The van der Waals surface area contributed by atoms with Crippen molar-refractivity contribution in [2.75, 3.05) is 0 Å².